The Hall–Kier alpha value is -0.910. The van der Waals surface area contributed by atoms with Gasteiger partial charge in [-0.1, -0.05) is 0 Å². The molecule has 0 spiro atoms. The summed E-state index contributed by atoms with van der Waals surface area (Å²) in [6.07, 6.45) is -0.188. The zero-order valence-corrected chi connectivity index (χ0v) is 7.00. The van der Waals surface area contributed by atoms with Gasteiger partial charge >= 0.3 is 6.09 Å². The normalized spacial score (nSPS) is 18.7. The average molecular weight is 195 g/mol. The van der Waals surface area contributed by atoms with E-state index >= 15 is 0 Å². The number of ether oxygens (including phenoxy) is 1. The van der Waals surface area contributed by atoms with E-state index in [1.165, 1.54) is 0 Å². The maximum atomic E-state index is 12.6. The molecule has 0 bridgehead atoms. The molecule has 1 aliphatic heterocycles. The maximum Gasteiger partial charge on any atom is 0.409 e. The van der Waals surface area contributed by atoms with E-state index in [2.05, 4.69) is 4.74 Å². The molecule has 0 aromatic rings. The number of aliphatic hydroxyl groups is 1. The summed E-state index contributed by atoms with van der Waals surface area (Å²) in [7, 11) is 0. The molecule has 1 heterocycles. The molecule has 1 aliphatic rings. The molecule has 0 unspecified atom stereocenters. The molecule has 1 rings (SSSR count). The molecule has 1 N–H and O–H groups in total. The lowest BCUT2D eigenvalue weighted by Gasteiger charge is -2.28. The SMILES string of the molecule is O=C1OCCCN1CC(F)(F)CO. The summed E-state index contributed by atoms with van der Waals surface area (Å²) in [6, 6.07) is 0. The largest absolute Gasteiger partial charge is 0.449 e. The molecular weight excluding hydrogens is 184 g/mol. The van der Waals surface area contributed by atoms with Gasteiger partial charge in [0.15, 0.2) is 0 Å². The summed E-state index contributed by atoms with van der Waals surface area (Å²) in [5.74, 6) is -3.24. The Morgan fingerprint density at radius 2 is 2.31 bits per heavy atom. The van der Waals surface area contributed by atoms with Gasteiger partial charge in [-0.15, -0.1) is 0 Å². The topological polar surface area (TPSA) is 49.8 Å². The van der Waals surface area contributed by atoms with Gasteiger partial charge in [0.2, 0.25) is 0 Å². The van der Waals surface area contributed by atoms with Gasteiger partial charge in [0.25, 0.3) is 5.92 Å². The standard InChI is InChI=1S/C7H11F2NO3/c8-7(9,5-11)4-10-2-1-3-13-6(10)12/h11H,1-5H2. The molecule has 76 valence electrons. The zero-order chi connectivity index (χ0) is 9.90. The summed E-state index contributed by atoms with van der Waals surface area (Å²) < 4.78 is 29.8. The van der Waals surface area contributed by atoms with Crippen LogP contribution in [0.2, 0.25) is 0 Å². The number of alkyl halides is 2. The molecule has 1 amide bonds. The first-order valence-corrected chi connectivity index (χ1v) is 3.95. The van der Waals surface area contributed by atoms with Gasteiger partial charge < -0.3 is 14.7 Å². The van der Waals surface area contributed by atoms with Crippen LogP contribution in [0.25, 0.3) is 0 Å². The minimum atomic E-state index is -3.24. The Morgan fingerprint density at radius 3 is 2.85 bits per heavy atom. The van der Waals surface area contributed by atoms with Gasteiger partial charge in [0.05, 0.1) is 13.2 Å². The van der Waals surface area contributed by atoms with Crippen molar-refractivity contribution >= 4 is 6.09 Å². The van der Waals surface area contributed by atoms with Crippen LogP contribution < -0.4 is 0 Å². The van der Waals surface area contributed by atoms with E-state index in [-0.39, 0.29) is 13.2 Å². The Kier molecular flexibility index (Phi) is 3.02. The van der Waals surface area contributed by atoms with E-state index in [1.54, 1.807) is 0 Å². The average Bonchev–Trinajstić information content (AvgIpc) is 2.09. The van der Waals surface area contributed by atoms with E-state index < -0.39 is 25.2 Å². The summed E-state index contributed by atoms with van der Waals surface area (Å²) in [4.78, 5) is 11.8. The molecule has 1 fully saturated rings. The fourth-order valence-corrected chi connectivity index (χ4v) is 1.07. The highest BCUT2D eigenvalue weighted by atomic mass is 19.3. The van der Waals surface area contributed by atoms with Crippen LogP contribution in [0.4, 0.5) is 13.6 Å². The first-order chi connectivity index (χ1) is 6.05. The van der Waals surface area contributed by atoms with Crippen LogP contribution in [0.15, 0.2) is 0 Å². The number of aliphatic hydroxyl groups excluding tert-OH is 1. The molecule has 1 saturated heterocycles. The van der Waals surface area contributed by atoms with Crippen molar-refractivity contribution in [3.8, 4) is 0 Å². The lowest BCUT2D eigenvalue weighted by atomic mass is 10.3. The third-order valence-corrected chi connectivity index (χ3v) is 1.71. The van der Waals surface area contributed by atoms with E-state index in [4.69, 9.17) is 5.11 Å². The van der Waals surface area contributed by atoms with Crippen molar-refractivity contribution in [1.82, 2.24) is 4.90 Å². The molecule has 0 atom stereocenters. The minimum Gasteiger partial charge on any atom is -0.449 e. The third-order valence-electron chi connectivity index (χ3n) is 1.71. The molecule has 13 heavy (non-hydrogen) atoms. The molecule has 6 heteroatoms. The third kappa shape index (κ3) is 2.80. The van der Waals surface area contributed by atoms with Gasteiger partial charge in [-0.25, -0.2) is 13.6 Å². The summed E-state index contributed by atoms with van der Waals surface area (Å²) in [5.41, 5.74) is 0. The molecule has 0 saturated carbocycles. The highest BCUT2D eigenvalue weighted by Crippen LogP contribution is 2.16. The summed E-state index contributed by atoms with van der Waals surface area (Å²) in [5, 5.41) is 8.28. The fraction of sp³-hybridized carbons (Fsp3) is 0.857. The minimum absolute atomic E-state index is 0.258. The highest BCUT2D eigenvalue weighted by Gasteiger charge is 2.34. The van der Waals surface area contributed by atoms with Crippen LogP contribution in [0.3, 0.4) is 0 Å². The second-order valence-electron chi connectivity index (χ2n) is 2.90. The van der Waals surface area contributed by atoms with Gasteiger partial charge in [-0.3, -0.25) is 0 Å². The van der Waals surface area contributed by atoms with E-state index in [0.717, 1.165) is 4.90 Å². The van der Waals surface area contributed by atoms with Crippen LogP contribution in [-0.4, -0.2) is 48.3 Å². The smallest absolute Gasteiger partial charge is 0.409 e. The van der Waals surface area contributed by atoms with Crippen molar-refractivity contribution in [2.75, 3.05) is 26.3 Å². The van der Waals surface area contributed by atoms with Crippen LogP contribution in [0.1, 0.15) is 6.42 Å². The van der Waals surface area contributed by atoms with E-state index in [0.29, 0.717) is 6.42 Å². The lowest BCUT2D eigenvalue weighted by Crippen LogP contribution is -2.46. The van der Waals surface area contributed by atoms with Gasteiger partial charge in [0.1, 0.15) is 6.61 Å². The fourth-order valence-electron chi connectivity index (χ4n) is 1.07. The number of cyclic esters (lactones) is 1. The maximum absolute atomic E-state index is 12.6. The Bertz CT molecular complexity index is 198. The van der Waals surface area contributed by atoms with Crippen molar-refractivity contribution in [1.29, 1.82) is 0 Å². The van der Waals surface area contributed by atoms with Gasteiger partial charge in [0, 0.05) is 6.54 Å². The zero-order valence-electron chi connectivity index (χ0n) is 7.00. The number of nitrogens with zero attached hydrogens (tertiary/aromatic N) is 1. The second kappa shape index (κ2) is 3.87. The van der Waals surface area contributed by atoms with E-state index in [9.17, 15) is 13.6 Å². The van der Waals surface area contributed by atoms with Crippen molar-refractivity contribution in [2.45, 2.75) is 12.3 Å². The predicted octanol–water partition coefficient (Wildman–Crippen LogP) is 0.456. The van der Waals surface area contributed by atoms with Crippen molar-refractivity contribution in [3.63, 3.8) is 0 Å². The van der Waals surface area contributed by atoms with E-state index in [1.807, 2.05) is 0 Å². The quantitative estimate of drug-likeness (QED) is 0.711. The number of carbonyl (C=O) groups excluding carboxylic acids is 1. The van der Waals surface area contributed by atoms with Crippen molar-refractivity contribution in [3.05, 3.63) is 0 Å². The number of amides is 1. The number of halogens is 2. The van der Waals surface area contributed by atoms with Crippen LogP contribution >= 0.6 is 0 Å². The van der Waals surface area contributed by atoms with Crippen molar-refractivity contribution in [2.24, 2.45) is 0 Å². The van der Waals surface area contributed by atoms with Gasteiger partial charge in [-0.05, 0) is 6.42 Å². The number of hydrogen-bond donors (Lipinski definition) is 1. The Balaban J connectivity index is 2.47. The lowest BCUT2D eigenvalue weighted by molar-refractivity contribution is -0.0749. The Labute approximate surface area is 74.1 Å². The van der Waals surface area contributed by atoms with Crippen LogP contribution in [0.5, 0.6) is 0 Å². The highest BCUT2D eigenvalue weighted by molar-refractivity contribution is 5.68. The molecule has 0 aromatic heterocycles. The summed E-state index contributed by atoms with van der Waals surface area (Å²) in [6.45, 7) is -1.49. The second-order valence-corrected chi connectivity index (χ2v) is 2.90. The first kappa shape index (κ1) is 10.2. The van der Waals surface area contributed by atoms with Crippen molar-refractivity contribution < 1.29 is 23.4 Å². The summed E-state index contributed by atoms with van der Waals surface area (Å²) >= 11 is 0. The number of carbonyl (C=O) groups is 1. The number of rotatable bonds is 3. The van der Waals surface area contributed by atoms with Crippen LogP contribution in [0, 0.1) is 0 Å². The number of hydrogen-bond acceptors (Lipinski definition) is 3. The first-order valence-electron chi connectivity index (χ1n) is 3.95. The van der Waals surface area contributed by atoms with Crippen LogP contribution in [-0.2, 0) is 4.74 Å². The molecular formula is C7H11F2NO3. The molecule has 0 aromatic carbocycles. The molecule has 4 nitrogen and oxygen atoms in total. The predicted molar refractivity (Wildman–Crippen MR) is 39.6 cm³/mol. The Morgan fingerprint density at radius 1 is 1.62 bits per heavy atom. The molecule has 0 aliphatic carbocycles. The van der Waals surface area contributed by atoms with Gasteiger partial charge in [-0.2, -0.15) is 0 Å². The monoisotopic (exact) mass is 195 g/mol. The molecule has 0 radical (unpaired) electrons.